The van der Waals surface area contributed by atoms with Crippen LogP contribution < -0.4 is 0 Å². The van der Waals surface area contributed by atoms with E-state index in [4.69, 9.17) is 35.1 Å². The van der Waals surface area contributed by atoms with Crippen molar-refractivity contribution >= 4 is 41.0 Å². The van der Waals surface area contributed by atoms with Gasteiger partial charge in [-0.15, -0.1) is 0 Å². The van der Waals surface area contributed by atoms with E-state index in [-0.39, 0.29) is 0 Å². The van der Waals surface area contributed by atoms with E-state index in [2.05, 4.69) is 4.29 Å². The van der Waals surface area contributed by atoms with E-state index in [0.717, 1.165) is 0 Å². The molecule has 0 amide bonds. The molecule has 0 aliphatic heterocycles. The highest BCUT2D eigenvalue weighted by molar-refractivity contribution is 6.57. The summed E-state index contributed by atoms with van der Waals surface area (Å²) in [7, 11) is 0. The first-order valence-electron chi connectivity index (χ1n) is 3.35. The molecule has 0 heterocycles. The van der Waals surface area contributed by atoms with Crippen molar-refractivity contribution in [1.82, 2.24) is 0 Å². The number of carbonyl (C=O) groups is 1. The first kappa shape index (κ1) is 10.6. The van der Waals surface area contributed by atoms with Gasteiger partial charge in [-0.3, -0.25) is 0 Å². The second-order valence-electron chi connectivity index (χ2n) is 2.31. The predicted molar refractivity (Wildman–Crippen MR) is 51.8 cm³/mol. The first-order chi connectivity index (χ1) is 6.09. The Balaban J connectivity index is 3.00. The van der Waals surface area contributed by atoms with Crippen LogP contribution in [0, 0.1) is 0 Å². The van der Waals surface area contributed by atoms with Gasteiger partial charge in [-0.1, -0.05) is 53.5 Å². The minimum absolute atomic E-state index is 0.420. The first-order valence-corrected chi connectivity index (χ1v) is 4.42. The lowest BCUT2D eigenvalue weighted by Crippen LogP contribution is -2.23. The van der Waals surface area contributed by atoms with Gasteiger partial charge in [0.05, 0.1) is 0 Å². The Labute approximate surface area is 90.5 Å². The van der Waals surface area contributed by atoms with Crippen LogP contribution in [-0.4, -0.2) is 5.97 Å². The molecule has 5 heteroatoms. The third kappa shape index (κ3) is 2.27. The van der Waals surface area contributed by atoms with Crippen LogP contribution in [0.4, 0.5) is 0 Å². The molecule has 0 aliphatic carbocycles. The summed E-state index contributed by atoms with van der Waals surface area (Å²) in [6.07, 6.45) is 0. The smallest absolute Gasteiger partial charge is 0.344 e. The number of hydrogen-bond donors (Lipinski definition) is 0. The quantitative estimate of drug-likeness (QED) is 0.742. The maximum Gasteiger partial charge on any atom is 0.365 e. The highest BCUT2D eigenvalue weighted by Gasteiger charge is 2.37. The number of halogens is 3. The third-order valence-corrected chi connectivity index (χ3v) is 2.35. The Kier molecular flexibility index (Phi) is 3.42. The van der Waals surface area contributed by atoms with Crippen molar-refractivity contribution in [2.24, 2.45) is 0 Å². The fourth-order valence-corrected chi connectivity index (χ4v) is 1.34. The maximum absolute atomic E-state index is 11.0. The van der Waals surface area contributed by atoms with Crippen molar-refractivity contribution in [3.05, 3.63) is 35.9 Å². The van der Waals surface area contributed by atoms with Crippen molar-refractivity contribution in [2.75, 3.05) is 0 Å². The molecule has 2 nitrogen and oxygen atoms in total. The van der Waals surface area contributed by atoms with Crippen molar-refractivity contribution in [3.63, 3.8) is 0 Å². The van der Waals surface area contributed by atoms with Gasteiger partial charge in [0.1, 0.15) is 11.9 Å². The average molecular weight is 239 g/mol. The lowest BCUT2D eigenvalue weighted by molar-refractivity contribution is -0.134. The van der Waals surface area contributed by atoms with Crippen LogP contribution in [0.15, 0.2) is 30.3 Å². The minimum atomic E-state index is -1.75. The van der Waals surface area contributed by atoms with E-state index >= 15 is 0 Å². The fourth-order valence-electron chi connectivity index (χ4n) is 0.814. The van der Waals surface area contributed by atoms with Crippen LogP contribution in [0.1, 0.15) is 5.56 Å². The summed E-state index contributed by atoms with van der Waals surface area (Å²) in [4.78, 5) is 11.0. The molecular formula is C8H5Cl3O2. The Morgan fingerprint density at radius 1 is 1.23 bits per heavy atom. The second-order valence-corrected chi connectivity index (χ2v) is 3.79. The molecule has 0 radical (unpaired) electrons. The molecule has 13 heavy (non-hydrogen) atoms. The summed E-state index contributed by atoms with van der Waals surface area (Å²) in [6.45, 7) is 0. The van der Waals surface area contributed by atoms with E-state index in [1.54, 1.807) is 30.3 Å². The zero-order valence-corrected chi connectivity index (χ0v) is 8.60. The molecule has 0 N–H and O–H groups in total. The van der Waals surface area contributed by atoms with Gasteiger partial charge in [0, 0.05) is 0 Å². The number of alkyl halides is 2. The molecule has 0 bridgehead atoms. The molecule has 0 spiro atoms. The Hall–Kier alpha value is -0.440. The van der Waals surface area contributed by atoms with Crippen molar-refractivity contribution in [3.8, 4) is 0 Å². The van der Waals surface area contributed by atoms with E-state index < -0.39 is 10.3 Å². The Morgan fingerprint density at radius 3 is 2.23 bits per heavy atom. The predicted octanol–water partition coefficient (Wildman–Crippen LogP) is 3.01. The minimum Gasteiger partial charge on any atom is -0.344 e. The van der Waals surface area contributed by atoms with Crippen LogP contribution in [0.3, 0.4) is 0 Å². The molecule has 70 valence electrons. The van der Waals surface area contributed by atoms with E-state index in [0.29, 0.717) is 5.56 Å². The molecule has 0 unspecified atom stereocenters. The monoisotopic (exact) mass is 238 g/mol. The van der Waals surface area contributed by atoms with Gasteiger partial charge < -0.3 is 4.29 Å². The fraction of sp³-hybridized carbons (Fsp3) is 0.125. The van der Waals surface area contributed by atoms with Gasteiger partial charge in [0.15, 0.2) is 0 Å². The molecule has 0 saturated carbocycles. The molecule has 1 rings (SSSR count). The number of carbonyl (C=O) groups excluding carboxylic acids is 1. The van der Waals surface area contributed by atoms with Gasteiger partial charge in [-0.2, -0.15) is 0 Å². The average Bonchev–Trinajstić information content (AvgIpc) is 2.18. The highest BCUT2D eigenvalue weighted by atomic mass is 35.5. The lowest BCUT2D eigenvalue weighted by Gasteiger charge is -2.14. The van der Waals surface area contributed by atoms with Gasteiger partial charge in [0.25, 0.3) is 0 Å². The summed E-state index contributed by atoms with van der Waals surface area (Å²) in [5.41, 5.74) is 0.420. The largest absolute Gasteiger partial charge is 0.365 e. The molecule has 1 aromatic rings. The van der Waals surface area contributed by atoms with Gasteiger partial charge in [0.2, 0.25) is 4.33 Å². The molecule has 0 aliphatic rings. The second kappa shape index (κ2) is 4.18. The summed E-state index contributed by atoms with van der Waals surface area (Å²) < 4.78 is 2.19. The molecule has 1 aromatic carbocycles. The van der Waals surface area contributed by atoms with Crippen LogP contribution in [-0.2, 0) is 13.4 Å². The summed E-state index contributed by atoms with van der Waals surface area (Å²) >= 11 is 16.3. The lowest BCUT2D eigenvalue weighted by atomic mass is 10.1. The number of rotatable bonds is 2. The van der Waals surface area contributed by atoms with Crippen LogP contribution in [0.2, 0.25) is 0 Å². The molecule has 0 fully saturated rings. The van der Waals surface area contributed by atoms with Gasteiger partial charge >= 0.3 is 5.97 Å². The normalized spacial score (nSPS) is 11.0. The van der Waals surface area contributed by atoms with Gasteiger partial charge in [-0.25, -0.2) is 4.79 Å². The highest BCUT2D eigenvalue weighted by Crippen LogP contribution is 2.35. The van der Waals surface area contributed by atoms with Crippen molar-refractivity contribution in [1.29, 1.82) is 0 Å². The van der Waals surface area contributed by atoms with Gasteiger partial charge in [-0.05, 0) is 5.56 Å². The van der Waals surface area contributed by atoms with Crippen LogP contribution in [0.5, 0.6) is 0 Å². The maximum atomic E-state index is 11.0. The molecule has 0 atom stereocenters. The van der Waals surface area contributed by atoms with Crippen molar-refractivity contribution < 1.29 is 9.08 Å². The standard InChI is InChI=1S/C8H5Cl3O2/c9-8(10,7(12)13-11)6-4-2-1-3-5-6/h1-5H. The Bertz CT molecular complexity index is 298. The van der Waals surface area contributed by atoms with Crippen LogP contribution in [0.25, 0.3) is 0 Å². The molecule has 0 aromatic heterocycles. The molecule has 0 saturated heterocycles. The molecular weight excluding hydrogens is 234 g/mol. The zero-order valence-electron chi connectivity index (χ0n) is 6.34. The topological polar surface area (TPSA) is 26.3 Å². The summed E-state index contributed by atoms with van der Waals surface area (Å²) in [5.74, 6) is -0.913. The number of hydrogen-bond acceptors (Lipinski definition) is 2. The van der Waals surface area contributed by atoms with Crippen molar-refractivity contribution in [2.45, 2.75) is 4.33 Å². The van der Waals surface area contributed by atoms with E-state index in [1.165, 1.54) is 0 Å². The number of benzene rings is 1. The summed E-state index contributed by atoms with van der Waals surface area (Å²) in [5, 5.41) is 0. The SMILES string of the molecule is O=C(OCl)C(Cl)(Cl)c1ccccc1. The Morgan fingerprint density at radius 2 is 1.77 bits per heavy atom. The van der Waals surface area contributed by atoms with Crippen LogP contribution >= 0.6 is 35.1 Å². The van der Waals surface area contributed by atoms with E-state index in [1.807, 2.05) is 0 Å². The summed E-state index contributed by atoms with van der Waals surface area (Å²) in [6, 6.07) is 8.40. The van der Waals surface area contributed by atoms with E-state index in [9.17, 15) is 4.79 Å². The third-order valence-electron chi connectivity index (χ3n) is 1.46. The zero-order chi connectivity index (χ0) is 9.90.